The molecule has 0 aliphatic carbocycles. The number of rotatable bonds is 3. The monoisotopic (exact) mass is 310 g/mol. The number of fused-ring (bicyclic) bond motifs is 1. The maximum absolute atomic E-state index is 12.6. The van der Waals surface area contributed by atoms with Gasteiger partial charge in [0.1, 0.15) is 5.56 Å². The van der Waals surface area contributed by atoms with Crippen molar-refractivity contribution in [1.82, 2.24) is 0 Å². The molecule has 0 saturated carbocycles. The van der Waals surface area contributed by atoms with Crippen LogP contribution in [0.25, 0.3) is 0 Å². The number of nitro groups is 1. The van der Waals surface area contributed by atoms with E-state index in [4.69, 9.17) is 0 Å². The van der Waals surface area contributed by atoms with Gasteiger partial charge in [-0.05, 0) is 25.1 Å². The Morgan fingerprint density at radius 2 is 1.74 bits per heavy atom. The molecule has 1 aliphatic rings. The first kappa shape index (κ1) is 14.6. The highest BCUT2D eigenvalue weighted by atomic mass is 16.6. The van der Waals surface area contributed by atoms with Crippen LogP contribution in [0.15, 0.2) is 42.5 Å². The van der Waals surface area contributed by atoms with Crippen LogP contribution in [0.3, 0.4) is 0 Å². The van der Waals surface area contributed by atoms with Crippen LogP contribution in [0.4, 0.5) is 11.4 Å². The van der Waals surface area contributed by atoms with E-state index in [9.17, 15) is 24.5 Å². The van der Waals surface area contributed by atoms with Crippen molar-refractivity contribution >= 4 is 29.0 Å². The normalized spacial score (nSPS) is 13.2. The number of carbonyl (C=O) groups is 3. The lowest BCUT2D eigenvalue weighted by Crippen LogP contribution is -2.30. The molecule has 23 heavy (non-hydrogen) atoms. The summed E-state index contributed by atoms with van der Waals surface area (Å²) in [6.07, 6.45) is 0. The Labute approximate surface area is 130 Å². The number of nitro benzene ring substituents is 1. The second-order valence-electron chi connectivity index (χ2n) is 4.98. The highest BCUT2D eigenvalue weighted by molar-refractivity contribution is 6.36. The molecule has 0 unspecified atom stereocenters. The van der Waals surface area contributed by atoms with Crippen molar-refractivity contribution in [2.45, 2.75) is 6.92 Å². The van der Waals surface area contributed by atoms with E-state index < -0.39 is 22.4 Å². The lowest BCUT2D eigenvalue weighted by molar-refractivity contribution is -0.385. The zero-order chi connectivity index (χ0) is 16.7. The molecule has 1 aliphatic heterocycles. The van der Waals surface area contributed by atoms with E-state index in [0.717, 1.165) is 4.90 Å². The molecule has 0 saturated heterocycles. The molecule has 0 N–H and O–H groups in total. The highest BCUT2D eigenvalue weighted by Crippen LogP contribution is 2.35. The Kier molecular flexibility index (Phi) is 3.25. The number of anilines is 1. The number of hydrogen-bond acceptors (Lipinski definition) is 5. The quantitative estimate of drug-likeness (QED) is 0.375. The molecule has 0 atom stereocenters. The van der Waals surface area contributed by atoms with Gasteiger partial charge in [-0.15, -0.1) is 0 Å². The van der Waals surface area contributed by atoms with E-state index in [1.54, 1.807) is 12.1 Å². The van der Waals surface area contributed by atoms with Gasteiger partial charge < -0.3 is 0 Å². The van der Waals surface area contributed by atoms with Crippen molar-refractivity contribution in [1.29, 1.82) is 0 Å². The molecule has 2 aromatic rings. The van der Waals surface area contributed by atoms with E-state index in [2.05, 4.69) is 0 Å². The van der Waals surface area contributed by atoms with Gasteiger partial charge in [0.2, 0.25) is 0 Å². The molecular weight excluding hydrogens is 300 g/mol. The summed E-state index contributed by atoms with van der Waals surface area (Å²) in [5, 5.41) is 11.1. The maximum Gasteiger partial charge on any atom is 0.283 e. The number of nitrogens with zero attached hydrogens (tertiary/aromatic N) is 2. The van der Waals surface area contributed by atoms with Crippen LogP contribution in [-0.2, 0) is 0 Å². The third-order valence-corrected chi connectivity index (χ3v) is 3.61. The van der Waals surface area contributed by atoms with Crippen LogP contribution in [0, 0.1) is 10.1 Å². The van der Waals surface area contributed by atoms with E-state index in [1.165, 1.54) is 37.3 Å². The molecule has 0 fully saturated rings. The summed E-state index contributed by atoms with van der Waals surface area (Å²) >= 11 is 0. The average molecular weight is 310 g/mol. The summed E-state index contributed by atoms with van der Waals surface area (Å²) in [6, 6.07) is 10.0. The van der Waals surface area contributed by atoms with Crippen LogP contribution in [0.2, 0.25) is 0 Å². The SMILES string of the molecule is CC(=O)c1ccccc1N1C(=O)c2cccc([N+](=O)[O-])c2C1=O. The fourth-order valence-corrected chi connectivity index (χ4v) is 2.60. The molecule has 3 rings (SSSR count). The number of imide groups is 1. The number of para-hydroxylation sites is 1. The second kappa shape index (κ2) is 5.13. The smallest absolute Gasteiger partial charge is 0.283 e. The zero-order valence-electron chi connectivity index (χ0n) is 12.0. The Morgan fingerprint density at radius 3 is 2.39 bits per heavy atom. The van der Waals surface area contributed by atoms with Crippen molar-refractivity contribution in [2.75, 3.05) is 4.90 Å². The molecule has 0 spiro atoms. The molecule has 7 nitrogen and oxygen atoms in total. The minimum atomic E-state index is -0.800. The summed E-state index contributed by atoms with van der Waals surface area (Å²) in [4.78, 5) is 48.1. The number of hydrogen-bond donors (Lipinski definition) is 0. The fourth-order valence-electron chi connectivity index (χ4n) is 2.60. The van der Waals surface area contributed by atoms with Gasteiger partial charge in [0.15, 0.2) is 5.78 Å². The molecule has 7 heteroatoms. The predicted molar refractivity (Wildman–Crippen MR) is 80.7 cm³/mol. The Morgan fingerprint density at radius 1 is 1.04 bits per heavy atom. The fraction of sp³-hybridized carbons (Fsp3) is 0.0625. The predicted octanol–water partition coefficient (Wildman–Crippen LogP) is 2.60. The summed E-state index contributed by atoms with van der Waals surface area (Å²) in [7, 11) is 0. The molecular formula is C16H10N2O5. The van der Waals surface area contributed by atoms with Gasteiger partial charge in [-0.1, -0.05) is 18.2 Å². The Balaban J connectivity index is 2.21. The second-order valence-corrected chi connectivity index (χ2v) is 4.98. The van der Waals surface area contributed by atoms with Crippen LogP contribution in [-0.4, -0.2) is 22.5 Å². The first-order valence-electron chi connectivity index (χ1n) is 6.69. The van der Waals surface area contributed by atoms with Gasteiger partial charge >= 0.3 is 0 Å². The van der Waals surface area contributed by atoms with Gasteiger partial charge in [-0.25, -0.2) is 4.90 Å². The molecule has 1 heterocycles. The van der Waals surface area contributed by atoms with Gasteiger partial charge in [-0.2, -0.15) is 0 Å². The maximum atomic E-state index is 12.6. The zero-order valence-corrected chi connectivity index (χ0v) is 12.0. The summed E-state index contributed by atoms with van der Waals surface area (Å²) in [5.41, 5.74) is -0.391. The lowest BCUT2D eigenvalue weighted by atomic mass is 10.1. The molecule has 114 valence electrons. The molecule has 0 radical (unpaired) electrons. The van der Waals surface area contributed by atoms with Gasteiger partial charge in [0, 0.05) is 11.6 Å². The van der Waals surface area contributed by atoms with Crippen molar-refractivity contribution in [3.05, 3.63) is 69.3 Å². The standard InChI is InChI=1S/C16H10N2O5/c1-9(19)10-5-2-3-7-12(10)17-15(20)11-6-4-8-13(18(22)23)14(11)16(17)21/h2-8H,1H3. The van der Waals surface area contributed by atoms with E-state index >= 15 is 0 Å². The molecule has 2 amide bonds. The van der Waals surface area contributed by atoms with Gasteiger partial charge in [0.25, 0.3) is 17.5 Å². The minimum absolute atomic E-state index is 0.0393. The number of amides is 2. The summed E-state index contributed by atoms with van der Waals surface area (Å²) < 4.78 is 0. The van der Waals surface area contributed by atoms with E-state index in [1.807, 2.05) is 0 Å². The highest BCUT2D eigenvalue weighted by Gasteiger charge is 2.42. The molecule has 0 aromatic heterocycles. The van der Waals surface area contributed by atoms with Gasteiger partial charge in [-0.3, -0.25) is 24.5 Å². The van der Waals surface area contributed by atoms with Crippen molar-refractivity contribution in [3.8, 4) is 0 Å². The Hall–Kier alpha value is -3.35. The third kappa shape index (κ3) is 2.10. The van der Waals surface area contributed by atoms with E-state index in [-0.39, 0.29) is 28.2 Å². The van der Waals surface area contributed by atoms with Crippen molar-refractivity contribution < 1.29 is 19.3 Å². The number of benzene rings is 2. The van der Waals surface area contributed by atoms with Crippen molar-refractivity contribution in [2.24, 2.45) is 0 Å². The van der Waals surface area contributed by atoms with Gasteiger partial charge in [0.05, 0.1) is 16.2 Å². The molecule has 0 bridgehead atoms. The molecule has 2 aromatic carbocycles. The largest absolute Gasteiger partial charge is 0.294 e. The topological polar surface area (TPSA) is 97.6 Å². The van der Waals surface area contributed by atoms with Crippen LogP contribution in [0.5, 0.6) is 0 Å². The minimum Gasteiger partial charge on any atom is -0.294 e. The Bertz CT molecular complexity index is 888. The van der Waals surface area contributed by atoms with Crippen molar-refractivity contribution in [3.63, 3.8) is 0 Å². The van der Waals surface area contributed by atoms with E-state index in [0.29, 0.717) is 0 Å². The van der Waals surface area contributed by atoms with Crippen LogP contribution >= 0.6 is 0 Å². The number of carbonyl (C=O) groups excluding carboxylic acids is 3. The first-order chi connectivity index (χ1) is 10.9. The summed E-state index contributed by atoms with van der Waals surface area (Å²) in [6.45, 7) is 1.32. The average Bonchev–Trinajstić information content (AvgIpc) is 2.78. The number of ketones is 1. The van der Waals surface area contributed by atoms with Crippen LogP contribution in [0.1, 0.15) is 38.0 Å². The van der Waals surface area contributed by atoms with Crippen LogP contribution < -0.4 is 4.90 Å². The third-order valence-electron chi connectivity index (χ3n) is 3.61. The first-order valence-corrected chi connectivity index (χ1v) is 6.69. The lowest BCUT2D eigenvalue weighted by Gasteiger charge is -2.16. The number of Topliss-reactive ketones (excluding diaryl/α,β-unsaturated/α-hetero) is 1. The summed E-state index contributed by atoms with van der Waals surface area (Å²) in [5.74, 6) is -1.79.